The van der Waals surface area contributed by atoms with E-state index in [2.05, 4.69) is 0 Å². The van der Waals surface area contributed by atoms with Crippen LogP contribution in [-0.4, -0.2) is 23.3 Å². The molecule has 0 amide bonds. The molecule has 3 heteroatoms. The van der Waals surface area contributed by atoms with E-state index < -0.39 is 0 Å². The number of carbonyl (C=O) groups is 1. The highest BCUT2D eigenvalue weighted by molar-refractivity contribution is 5.84. The molecule has 1 rings (SSSR count). The third-order valence-corrected chi connectivity index (χ3v) is 2.97. The SMILES string of the molecule is CC(C)[C@H](O)CCCCC[C@H]1C=CC(=O)O1. The van der Waals surface area contributed by atoms with Gasteiger partial charge in [-0.25, -0.2) is 4.79 Å². The molecule has 0 aliphatic carbocycles. The average molecular weight is 226 g/mol. The van der Waals surface area contributed by atoms with Gasteiger partial charge in [0.25, 0.3) is 0 Å². The summed E-state index contributed by atoms with van der Waals surface area (Å²) in [6, 6.07) is 0. The molecule has 0 aromatic heterocycles. The van der Waals surface area contributed by atoms with Crippen LogP contribution in [-0.2, 0) is 9.53 Å². The molecule has 1 heterocycles. The van der Waals surface area contributed by atoms with E-state index in [1.807, 2.05) is 19.9 Å². The first-order chi connectivity index (χ1) is 7.59. The Morgan fingerprint density at radius 3 is 2.69 bits per heavy atom. The van der Waals surface area contributed by atoms with E-state index in [-0.39, 0.29) is 18.2 Å². The first kappa shape index (κ1) is 13.2. The van der Waals surface area contributed by atoms with E-state index in [1.165, 1.54) is 6.08 Å². The molecule has 1 aliphatic heterocycles. The van der Waals surface area contributed by atoms with Gasteiger partial charge in [0.05, 0.1) is 6.10 Å². The Hall–Kier alpha value is -0.830. The normalized spacial score (nSPS) is 21.5. The number of hydrogen-bond acceptors (Lipinski definition) is 3. The van der Waals surface area contributed by atoms with Crippen LogP contribution in [0.1, 0.15) is 46.0 Å². The largest absolute Gasteiger partial charge is 0.455 e. The number of esters is 1. The van der Waals surface area contributed by atoms with Crippen LogP contribution in [0.25, 0.3) is 0 Å². The summed E-state index contributed by atoms with van der Waals surface area (Å²) >= 11 is 0. The summed E-state index contributed by atoms with van der Waals surface area (Å²) in [5.41, 5.74) is 0. The summed E-state index contributed by atoms with van der Waals surface area (Å²) in [6.45, 7) is 4.07. The van der Waals surface area contributed by atoms with E-state index in [0.717, 1.165) is 32.1 Å². The summed E-state index contributed by atoms with van der Waals surface area (Å²) in [4.78, 5) is 10.8. The molecular weight excluding hydrogens is 204 g/mol. The standard InChI is InChI=1S/C13H22O3/c1-10(2)12(14)7-5-3-4-6-11-8-9-13(15)16-11/h8-12,14H,3-7H2,1-2H3/t11-,12+/m0/s1. The van der Waals surface area contributed by atoms with Crippen molar-refractivity contribution in [2.24, 2.45) is 5.92 Å². The highest BCUT2D eigenvalue weighted by Crippen LogP contribution is 2.15. The summed E-state index contributed by atoms with van der Waals surface area (Å²) in [5.74, 6) is 0.124. The van der Waals surface area contributed by atoms with Crippen molar-refractivity contribution in [1.82, 2.24) is 0 Å². The van der Waals surface area contributed by atoms with Crippen molar-refractivity contribution in [2.75, 3.05) is 0 Å². The minimum absolute atomic E-state index is 0.0116. The summed E-state index contributed by atoms with van der Waals surface area (Å²) in [5, 5.41) is 9.59. The van der Waals surface area contributed by atoms with Gasteiger partial charge in [-0.05, 0) is 31.3 Å². The molecule has 0 fully saturated rings. The van der Waals surface area contributed by atoms with Crippen molar-refractivity contribution >= 4 is 5.97 Å². The minimum Gasteiger partial charge on any atom is -0.455 e. The van der Waals surface area contributed by atoms with Gasteiger partial charge in [-0.15, -0.1) is 0 Å². The predicted octanol–water partition coefficient (Wildman–Crippen LogP) is 2.44. The van der Waals surface area contributed by atoms with Gasteiger partial charge in [-0.2, -0.15) is 0 Å². The van der Waals surface area contributed by atoms with Crippen molar-refractivity contribution < 1.29 is 14.6 Å². The third-order valence-electron chi connectivity index (χ3n) is 2.97. The number of hydrogen-bond donors (Lipinski definition) is 1. The zero-order chi connectivity index (χ0) is 12.0. The van der Waals surface area contributed by atoms with Gasteiger partial charge in [0.2, 0.25) is 0 Å². The van der Waals surface area contributed by atoms with E-state index in [1.54, 1.807) is 0 Å². The Morgan fingerprint density at radius 2 is 2.12 bits per heavy atom. The molecule has 0 unspecified atom stereocenters. The van der Waals surface area contributed by atoms with Crippen molar-refractivity contribution in [2.45, 2.75) is 58.2 Å². The fraction of sp³-hybridized carbons (Fsp3) is 0.769. The van der Waals surface area contributed by atoms with Crippen molar-refractivity contribution in [3.8, 4) is 0 Å². The highest BCUT2D eigenvalue weighted by Gasteiger charge is 2.15. The second-order valence-corrected chi connectivity index (χ2v) is 4.78. The molecule has 0 spiro atoms. The zero-order valence-corrected chi connectivity index (χ0v) is 10.2. The Balaban J connectivity index is 1.96. The molecule has 0 saturated carbocycles. The van der Waals surface area contributed by atoms with Crippen LogP contribution < -0.4 is 0 Å². The Bertz CT molecular complexity index is 246. The molecular formula is C13H22O3. The van der Waals surface area contributed by atoms with Crippen LogP contribution in [0.2, 0.25) is 0 Å². The molecule has 16 heavy (non-hydrogen) atoms. The molecule has 2 atom stereocenters. The fourth-order valence-electron chi connectivity index (χ4n) is 1.78. The number of carbonyl (C=O) groups excluding carboxylic acids is 1. The lowest BCUT2D eigenvalue weighted by atomic mass is 10.00. The van der Waals surface area contributed by atoms with Gasteiger partial charge in [-0.1, -0.05) is 26.7 Å². The lowest BCUT2D eigenvalue weighted by molar-refractivity contribution is -0.138. The molecule has 1 N–H and O–H groups in total. The number of ether oxygens (including phenoxy) is 1. The maximum absolute atomic E-state index is 10.8. The Morgan fingerprint density at radius 1 is 1.38 bits per heavy atom. The number of rotatable bonds is 7. The van der Waals surface area contributed by atoms with Gasteiger partial charge in [0.1, 0.15) is 6.10 Å². The maximum Gasteiger partial charge on any atom is 0.331 e. The summed E-state index contributed by atoms with van der Waals surface area (Å²) < 4.78 is 5.03. The van der Waals surface area contributed by atoms with Crippen LogP contribution >= 0.6 is 0 Å². The highest BCUT2D eigenvalue weighted by atomic mass is 16.5. The topological polar surface area (TPSA) is 46.5 Å². The van der Waals surface area contributed by atoms with Gasteiger partial charge in [0.15, 0.2) is 0 Å². The Labute approximate surface area is 97.5 Å². The molecule has 0 aromatic carbocycles. The van der Waals surface area contributed by atoms with E-state index in [9.17, 15) is 9.90 Å². The van der Waals surface area contributed by atoms with E-state index >= 15 is 0 Å². The number of unbranched alkanes of at least 4 members (excludes halogenated alkanes) is 2. The van der Waals surface area contributed by atoms with Crippen molar-refractivity contribution in [3.05, 3.63) is 12.2 Å². The quantitative estimate of drug-likeness (QED) is 0.535. The number of cyclic esters (lactones) is 1. The molecule has 3 nitrogen and oxygen atoms in total. The summed E-state index contributed by atoms with van der Waals surface area (Å²) in [7, 11) is 0. The van der Waals surface area contributed by atoms with Crippen molar-refractivity contribution in [3.63, 3.8) is 0 Å². The smallest absolute Gasteiger partial charge is 0.331 e. The number of aliphatic hydroxyl groups excluding tert-OH is 1. The Kier molecular flexibility index (Phi) is 5.53. The molecule has 0 bridgehead atoms. The molecule has 0 saturated heterocycles. The monoisotopic (exact) mass is 226 g/mol. The van der Waals surface area contributed by atoms with Crippen LogP contribution in [0.5, 0.6) is 0 Å². The molecule has 0 radical (unpaired) electrons. The first-order valence-electron chi connectivity index (χ1n) is 6.16. The first-order valence-corrected chi connectivity index (χ1v) is 6.16. The van der Waals surface area contributed by atoms with Crippen LogP contribution in [0.3, 0.4) is 0 Å². The summed E-state index contributed by atoms with van der Waals surface area (Å²) in [6.07, 6.45) is 8.09. The average Bonchev–Trinajstić information content (AvgIpc) is 2.63. The van der Waals surface area contributed by atoms with Gasteiger partial charge in [0, 0.05) is 6.08 Å². The van der Waals surface area contributed by atoms with Gasteiger partial charge < -0.3 is 9.84 Å². The minimum atomic E-state index is -0.222. The van der Waals surface area contributed by atoms with Gasteiger partial charge in [-0.3, -0.25) is 0 Å². The van der Waals surface area contributed by atoms with E-state index in [4.69, 9.17) is 4.74 Å². The van der Waals surface area contributed by atoms with E-state index in [0.29, 0.717) is 5.92 Å². The zero-order valence-electron chi connectivity index (χ0n) is 10.2. The lowest BCUT2D eigenvalue weighted by Crippen LogP contribution is -2.14. The third kappa shape index (κ3) is 4.79. The lowest BCUT2D eigenvalue weighted by Gasteiger charge is -2.14. The maximum atomic E-state index is 10.8. The van der Waals surface area contributed by atoms with Crippen LogP contribution in [0.4, 0.5) is 0 Å². The number of aliphatic hydroxyl groups is 1. The second kappa shape index (κ2) is 6.69. The molecule has 0 aromatic rings. The second-order valence-electron chi connectivity index (χ2n) is 4.78. The van der Waals surface area contributed by atoms with Crippen LogP contribution in [0, 0.1) is 5.92 Å². The van der Waals surface area contributed by atoms with Crippen LogP contribution in [0.15, 0.2) is 12.2 Å². The van der Waals surface area contributed by atoms with Crippen molar-refractivity contribution in [1.29, 1.82) is 0 Å². The predicted molar refractivity (Wildman–Crippen MR) is 62.9 cm³/mol. The molecule has 92 valence electrons. The van der Waals surface area contributed by atoms with Gasteiger partial charge >= 0.3 is 5.97 Å². The fourth-order valence-corrected chi connectivity index (χ4v) is 1.78. The molecule has 1 aliphatic rings.